The molecule has 2 fully saturated rings. The van der Waals surface area contributed by atoms with Crippen molar-refractivity contribution in [2.24, 2.45) is 5.92 Å². The Morgan fingerprint density at radius 1 is 1.08 bits per heavy atom. The first-order chi connectivity index (χ1) is 11.9. The summed E-state index contributed by atoms with van der Waals surface area (Å²) in [4.78, 5) is 13.9. The molecular weight excluding hydrogens is 336 g/mol. The second kappa shape index (κ2) is 7.32. The van der Waals surface area contributed by atoms with E-state index in [1.54, 1.807) is 12.1 Å². The summed E-state index contributed by atoms with van der Waals surface area (Å²) in [7, 11) is 0. The molecule has 1 aromatic rings. The summed E-state index contributed by atoms with van der Waals surface area (Å²) in [5.74, 6) is -2.21. The van der Waals surface area contributed by atoms with Crippen LogP contribution in [0.5, 0.6) is 0 Å². The van der Waals surface area contributed by atoms with E-state index in [-0.39, 0.29) is 37.4 Å². The lowest BCUT2D eigenvalue weighted by molar-refractivity contribution is -0.183. The molecule has 0 unspecified atom stereocenters. The molecule has 1 aromatic carbocycles. The van der Waals surface area contributed by atoms with Gasteiger partial charge in [0.15, 0.2) is 0 Å². The van der Waals surface area contributed by atoms with E-state index < -0.39 is 23.8 Å². The fraction of sp³-hybridized carbons (Fsp3) is 0.611. The first-order valence-electron chi connectivity index (χ1n) is 8.72. The molecule has 0 aliphatic carbocycles. The van der Waals surface area contributed by atoms with Crippen LogP contribution in [0.3, 0.4) is 0 Å². The fourth-order valence-electron chi connectivity index (χ4n) is 3.70. The largest absolute Gasteiger partial charge is 0.391 e. The normalized spacial score (nSPS) is 20.7. The second-order valence-corrected chi connectivity index (χ2v) is 6.87. The van der Waals surface area contributed by atoms with Gasteiger partial charge in [-0.3, -0.25) is 4.79 Å². The second-order valence-electron chi connectivity index (χ2n) is 6.87. The van der Waals surface area contributed by atoms with Crippen LogP contribution in [0.4, 0.5) is 17.6 Å². The summed E-state index contributed by atoms with van der Waals surface area (Å²) in [5.41, 5.74) is 0.901. The molecule has 0 saturated carbocycles. The third-order valence-corrected chi connectivity index (χ3v) is 5.28. The molecule has 0 aromatic heterocycles. The average Bonchev–Trinajstić information content (AvgIpc) is 2.62. The standard InChI is InChI=1S/C18H22F4N2O/c19-16-2-1-13(12-3-7-23-8-4-12)11-15(16)17(25)24-9-5-14(6-10-24)18(20,21)22/h1-2,11-12,14,23H,3-10H2. The molecular formula is C18H22F4N2O. The molecule has 0 bridgehead atoms. The number of hydrogen-bond acceptors (Lipinski definition) is 2. The molecule has 3 rings (SSSR count). The van der Waals surface area contributed by atoms with Gasteiger partial charge in [0.05, 0.1) is 11.5 Å². The average molecular weight is 358 g/mol. The van der Waals surface area contributed by atoms with Crippen LogP contribution >= 0.6 is 0 Å². The number of rotatable bonds is 2. The zero-order valence-electron chi connectivity index (χ0n) is 13.9. The maximum Gasteiger partial charge on any atom is 0.391 e. The minimum Gasteiger partial charge on any atom is -0.339 e. The number of amides is 1. The topological polar surface area (TPSA) is 32.3 Å². The first-order valence-corrected chi connectivity index (χ1v) is 8.72. The van der Waals surface area contributed by atoms with E-state index in [2.05, 4.69) is 5.32 Å². The minimum absolute atomic E-state index is 0.0139. The number of alkyl halides is 3. The third kappa shape index (κ3) is 4.14. The van der Waals surface area contributed by atoms with Crippen LogP contribution in [0.15, 0.2) is 18.2 Å². The Hall–Kier alpha value is -1.63. The Morgan fingerprint density at radius 2 is 1.72 bits per heavy atom. The molecule has 0 radical (unpaired) electrons. The third-order valence-electron chi connectivity index (χ3n) is 5.28. The van der Waals surface area contributed by atoms with E-state index in [0.29, 0.717) is 0 Å². The lowest BCUT2D eigenvalue weighted by atomic mass is 9.89. The number of nitrogens with one attached hydrogen (secondary N) is 1. The first kappa shape index (κ1) is 18.2. The van der Waals surface area contributed by atoms with E-state index in [9.17, 15) is 22.4 Å². The lowest BCUT2D eigenvalue weighted by Crippen LogP contribution is -2.42. The Morgan fingerprint density at radius 3 is 2.32 bits per heavy atom. The number of nitrogens with zero attached hydrogens (tertiary/aromatic N) is 1. The van der Waals surface area contributed by atoms with Gasteiger partial charge in [-0.05, 0) is 62.4 Å². The predicted molar refractivity (Wildman–Crippen MR) is 85.9 cm³/mol. The van der Waals surface area contributed by atoms with E-state index in [1.165, 1.54) is 11.0 Å². The molecule has 25 heavy (non-hydrogen) atoms. The zero-order chi connectivity index (χ0) is 18.0. The molecule has 138 valence electrons. The van der Waals surface area contributed by atoms with Gasteiger partial charge in [0, 0.05) is 13.1 Å². The van der Waals surface area contributed by atoms with Gasteiger partial charge in [-0.1, -0.05) is 6.07 Å². The Labute approximate surface area is 144 Å². The molecule has 2 heterocycles. The van der Waals surface area contributed by atoms with Gasteiger partial charge < -0.3 is 10.2 Å². The number of piperidine rings is 2. The number of hydrogen-bond donors (Lipinski definition) is 1. The highest BCUT2D eigenvalue weighted by Gasteiger charge is 2.42. The quantitative estimate of drug-likeness (QED) is 0.818. The lowest BCUT2D eigenvalue weighted by Gasteiger charge is -2.33. The minimum atomic E-state index is -4.23. The van der Waals surface area contributed by atoms with Crippen LogP contribution in [0, 0.1) is 11.7 Å². The van der Waals surface area contributed by atoms with E-state index in [4.69, 9.17) is 0 Å². The number of benzene rings is 1. The van der Waals surface area contributed by atoms with Crippen molar-refractivity contribution in [3.63, 3.8) is 0 Å². The smallest absolute Gasteiger partial charge is 0.339 e. The zero-order valence-corrected chi connectivity index (χ0v) is 13.9. The van der Waals surface area contributed by atoms with E-state index in [0.717, 1.165) is 31.5 Å². The summed E-state index contributed by atoms with van der Waals surface area (Å²) in [6, 6.07) is 4.59. The highest BCUT2D eigenvalue weighted by Crippen LogP contribution is 2.35. The monoisotopic (exact) mass is 358 g/mol. The molecule has 2 aliphatic heterocycles. The summed E-state index contributed by atoms with van der Waals surface area (Å²) in [6.07, 6.45) is -2.61. The van der Waals surface area contributed by atoms with Gasteiger partial charge in [0.2, 0.25) is 0 Å². The van der Waals surface area contributed by atoms with Gasteiger partial charge >= 0.3 is 6.18 Å². The Balaban J connectivity index is 1.71. The Kier molecular flexibility index (Phi) is 5.32. The summed E-state index contributed by atoms with van der Waals surface area (Å²) in [5, 5.41) is 3.26. The number of halogens is 4. The molecule has 3 nitrogen and oxygen atoms in total. The fourth-order valence-corrected chi connectivity index (χ4v) is 3.70. The van der Waals surface area contributed by atoms with Gasteiger partial charge in [0.1, 0.15) is 5.82 Å². The van der Waals surface area contributed by atoms with Crippen LogP contribution in [0.25, 0.3) is 0 Å². The molecule has 0 spiro atoms. The van der Waals surface area contributed by atoms with E-state index in [1.807, 2.05) is 0 Å². The van der Waals surface area contributed by atoms with Crippen molar-refractivity contribution in [2.45, 2.75) is 37.8 Å². The van der Waals surface area contributed by atoms with Crippen molar-refractivity contribution < 1.29 is 22.4 Å². The number of carbonyl (C=O) groups is 1. The van der Waals surface area contributed by atoms with Crippen molar-refractivity contribution in [1.29, 1.82) is 0 Å². The predicted octanol–water partition coefficient (Wildman–Crippen LogP) is 3.71. The SMILES string of the molecule is O=C(c1cc(C2CCNCC2)ccc1F)N1CCC(C(F)(F)F)CC1. The van der Waals surface area contributed by atoms with Gasteiger partial charge in [-0.15, -0.1) is 0 Å². The van der Waals surface area contributed by atoms with Gasteiger partial charge in [0.25, 0.3) is 5.91 Å². The van der Waals surface area contributed by atoms with Crippen molar-refractivity contribution in [3.05, 3.63) is 35.1 Å². The van der Waals surface area contributed by atoms with Gasteiger partial charge in [-0.25, -0.2) is 4.39 Å². The van der Waals surface area contributed by atoms with Crippen molar-refractivity contribution in [2.75, 3.05) is 26.2 Å². The molecule has 2 aliphatic rings. The molecule has 0 atom stereocenters. The van der Waals surface area contributed by atoms with Crippen LogP contribution in [0.2, 0.25) is 0 Å². The number of likely N-dealkylation sites (tertiary alicyclic amines) is 1. The summed E-state index contributed by atoms with van der Waals surface area (Å²) in [6.45, 7) is 1.80. The van der Waals surface area contributed by atoms with Crippen molar-refractivity contribution in [3.8, 4) is 0 Å². The van der Waals surface area contributed by atoms with Crippen LogP contribution in [-0.2, 0) is 0 Å². The molecule has 2 saturated heterocycles. The van der Waals surface area contributed by atoms with Crippen LogP contribution in [-0.4, -0.2) is 43.2 Å². The van der Waals surface area contributed by atoms with Crippen LogP contribution in [0.1, 0.15) is 47.5 Å². The van der Waals surface area contributed by atoms with Crippen LogP contribution < -0.4 is 5.32 Å². The summed E-state index contributed by atoms with van der Waals surface area (Å²) >= 11 is 0. The van der Waals surface area contributed by atoms with E-state index >= 15 is 0 Å². The summed E-state index contributed by atoms with van der Waals surface area (Å²) < 4.78 is 52.4. The maximum absolute atomic E-state index is 14.2. The van der Waals surface area contributed by atoms with Crippen molar-refractivity contribution in [1.82, 2.24) is 10.2 Å². The maximum atomic E-state index is 14.2. The Bertz CT molecular complexity index is 618. The molecule has 1 amide bonds. The van der Waals surface area contributed by atoms with Gasteiger partial charge in [-0.2, -0.15) is 13.2 Å². The number of carbonyl (C=O) groups excluding carboxylic acids is 1. The van der Waals surface area contributed by atoms with Crippen molar-refractivity contribution >= 4 is 5.91 Å². The molecule has 1 N–H and O–H groups in total. The highest BCUT2D eigenvalue weighted by atomic mass is 19.4. The highest BCUT2D eigenvalue weighted by molar-refractivity contribution is 5.94. The molecule has 7 heteroatoms.